The van der Waals surface area contributed by atoms with E-state index in [1.807, 2.05) is 24.3 Å². The third kappa shape index (κ3) is 4.31. The zero-order chi connectivity index (χ0) is 21.1. The third-order valence-corrected chi connectivity index (χ3v) is 5.30. The smallest absolute Gasteiger partial charge is 0.232 e. The van der Waals surface area contributed by atoms with E-state index in [1.54, 1.807) is 0 Å². The topological polar surface area (TPSA) is 68.5 Å². The number of nitrogens with zero attached hydrogens (tertiary/aromatic N) is 3. The Morgan fingerprint density at radius 3 is 2.80 bits per heavy atom. The van der Waals surface area contributed by atoms with Crippen molar-refractivity contribution in [3.8, 4) is 17.1 Å². The molecule has 1 fully saturated rings. The summed E-state index contributed by atoms with van der Waals surface area (Å²) in [6.45, 7) is 3.15. The molecule has 1 amide bonds. The Hall–Kier alpha value is -2.93. The zero-order valence-electron chi connectivity index (χ0n) is 16.5. The first-order chi connectivity index (χ1) is 14.5. The summed E-state index contributed by atoms with van der Waals surface area (Å²) in [6.07, 6.45) is 2.31. The van der Waals surface area contributed by atoms with E-state index in [4.69, 9.17) is 20.9 Å². The number of hydrogen-bond acceptors (Lipinski definition) is 5. The van der Waals surface area contributed by atoms with E-state index >= 15 is 0 Å². The largest absolute Gasteiger partial charge is 0.494 e. The van der Waals surface area contributed by atoms with Gasteiger partial charge in [-0.05, 0) is 48.9 Å². The summed E-state index contributed by atoms with van der Waals surface area (Å²) in [5.41, 5.74) is 1.28. The average molecular weight is 430 g/mol. The number of halogens is 2. The lowest BCUT2D eigenvalue weighted by molar-refractivity contribution is -0.117. The van der Waals surface area contributed by atoms with E-state index in [1.165, 1.54) is 23.1 Å². The molecule has 2 heterocycles. The van der Waals surface area contributed by atoms with Crippen LogP contribution >= 0.6 is 11.6 Å². The van der Waals surface area contributed by atoms with Gasteiger partial charge in [-0.25, -0.2) is 4.39 Å². The molecule has 1 unspecified atom stereocenters. The van der Waals surface area contributed by atoms with Crippen LogP contribution in [0, 0.1) is 5.82 Å². The number of amides is 1. The lowest BCUT2D eigenvalue weighted by atomic mass is 10.1. The lowest BCUT2D eigenvalue weighted by Crippen LogP contribution is -2.24. The van der Waals surface area contributed by atoms with E-state index in [-0.39, 0.29) is 23.3 Å². The van der Waals surface area contributed by atoms with Gasteiger partial charge in [0.2, 0.25) is 17.6 Å². The molecule has 0 radical (unpaired) electrons. The van der Waals surface area contributed by atoms with Gasteiger partial charge in [0.05, 0.1) is 23.2 Å². The van der Waals surface area contributed by atoms with Gasteiger partial charge in [-0.1, -0.05) is 30.1 Å². The van der Waals surface area contributed by atoms with Crippen LogP contribution in [0.5, 0.6) is 5.75 Å². The third-order valence-electron chi connectivity index (χ3n) is 5.00. The van der Waals surface area contributed by atoms with Crippen molar-refractivity contribution in [2.45, 2.75) is 32.1 Å². The number of ether oxygens (including phenoxy) is 1. The first kappa shape index (κ1) is 20.3. The van der Waals surface area contributed by atoms with Crippen molar-refractivity contribution in [2.75, 3.05) is 18.1 Å². The number of unbranched alkanes of at least 4 members (excludes halogenated alkanes) is 1. The van der Waals surface area contributed by atoms with E-state index in [0.717, 1.165) is 24.2 Å². The molecule has 0 aliphatic carbocycles. The first-order valence-corrected chi connectivity index (χ1v) is 10.2. The van der Waals surface area contributed by atoms with Crippen molar-refractivity contribution in [3.05, 3.63) is 59.2 Å². The maximum absolute atomic E-state index is 13.3. The number of aromatic nitrogens is 2. The molecule has 0 spiro atoms. The summed E-state index contributed by atoms with van der Waals surface area (Å²) in [6, 6.07) is 11.5. The molecule has 4 rings (SSSR count). The Morgan fingerprint density at radius 2 is 2.07 bits per heavy atom. The van der Waals surface area contributed by atoms with Gasteiger partial charge in [0.1, 0.15) is 11.6 Å². The second kappa shape index (κ2) is 8.83. The molecular weight excluding hydrogens is 409 g/mol. The van der Waals surface area contributed by atoms with Crippen LogP contribution in [-0.4, -0.2) is 29.2 Å². The highest BCUT2D eigenvalue weighted by Crippen LogP contribution is 2.35. The molecule has 30 heavy (non-hydrogen) atoms. The fourth-order valence-corrected chi connectivity index (χ4v) is 3.63. The maximum atomic E-state index is 13.3. The van der Waals surface area contributed by atoms with Crippen molar-refractivity contribution in [1.82, 2.24) is 10.1 Å². The van der Waals surface area contributed by atoms with Crippen LogP contribution in [0.15, 0.2) is 47.0 Å². The summed E-state index contributed by atoms with van der Waals surface area (Å²) in [4.78, 5) is 18.5. The van der Waals surface area contributed by atoms with Crippen molar-refractivity contribution in [2.24, 2.45) is 0 Å². The predicted octanol–water partition coefficient (Wildman–Crippen LogP) is 5.23. The average Bonchev–Trinajstić information content (AvgIpc) is 3.36. The van der Waals surface area contributed by atoms with Crippen LogP contribution in [0.25, 0.3) is 11.4 Å². The number of carbonyl (C=O) groups excluding carboxylic acids is 1. The van der Waals surface area contributed by atoms with Crippen LogP contribution in [0.2, 0.25) is 5.02 Å². The van der Waals surface area contributed by atoms with Gasteiger partial charge in [-0.15, -0.1) is 0 Å². The number of rotatable bonds is 7. The zero-order valence-corrected chi connectivity index (χ0v) is 17.2. The quantitative estimate of drug-likeness (QED) is 0.481. The standard InChI is InChI=1S/C22H21ClFN3O3/c1-2-3-10-29-17-7-4-14(5-8-17)21-25-22(30-26-21)15-11-20(28)27(13-15)19-9-6-16(24)12-18(19)23/h4-9,12,15H,2-3,10-11,13H2,1H3. The Bertz CT molecular complexity index is 1040. The minimum atomic E-state index is -0.449. The van der Waals surface area contributed by atoms with E-state index in [2.05, 4.69) is 17.1 Å². The molecule has 2 aromatic carbocycles. The second-order valence-electron chi connectivity index (χ2n) is 7.18. The summed E-state index contributed by atoms with van der Waals surface area (Å²) in [5, 5.41) is 4.25. The van der Waals surface area contributed by atoms with Crippen LogP contribution in [-0.2, 0) is 4.79 Å². The summed E-state index contributed by atoms with van der Waals surface area (Å²) in [5.74, 6) is 0.816. The van der Waals surface area contributed by atoms with Crippen molar-refractivity contribution in [3.63, 3.8) is 0 Å². The highest BCUT2D eigenvalue weighted by molar-refractivity contribution is 6.33. The van der Waals surface area contributed by atoms with Crippen molar-refractivity contribution < 1.29 is 18.4 Å². The van der Waals surface area contributed by atoms with Crippen molar-refractivity contribution in [1.29, 1.82) is 0 Å². The molecule has 1 aromatic heterocycles. The molecule has 3 aromatic rings. The molecule has 1 aliphatic heterocycles. The van der Waals surface area contributed by atoms with Gasteiger partial charge in [0, 0.05) is 18.5 Å². The molecule has 1 atom stereocenters. The summed E-state index contributed by atoms with van der Waals surface area (Å²) >= 11 is 6.11. The van der Waals surface area contributed by atoms with E-state index in [0.29, 0.717) is 30.6 Å². The maximum Gasteiger partial charge on any atom is 0.232 e. The molecule has 1 aliphatic rings. The molecule has 0 bridgehead atoms. The second-order valence-corrected chi connectivity index (χ2v) is 7.59. The van der Waals surface area contributed by atoms with Gasteiger partial charge < -0.3 is 14.2 Å². The predicted molar refractivity (Wildman–Crippen MR) is 111 cm³/mol. The van der Waals surface area contributed by atoms with Gasteiger partial charge >= 0.3 is 0 Å². The van der Waals surface area contributed by atoms with E-state index in [9.17, 15) is 9.18 Å². The SMILES string of the molecule is CCCCOc1ccc(-c2noc(C3CC(=O)N(c4ccc(F)cc4Cl)C3)n2)cc1. The Labute approximate surface area is 178 Å². The highest BCUT2D eigenvalue weighted by Gasteiger charge is 2.36. The van der Waals surface area contributed by atoms with Crippen LogP contribution in [0.3, 0.4) is 0 Å². The van der Waals surface area contributed by atoms with Gasteiger partial charge in [-0.3, -0.25) is 4.79 Å². The Kier molecular flexibility index (Phi) is 5.99. The Morgan fingerprint density at radius 1 is 1.27 bits per heavy atom. The molecule has 6 nitrogen and oxygen atoms in total. The summed E-state index contributed by atoms with van der Waals surface area (Å²) < 4.78 is 24.4. The summed E-state index contributed by atoms with van der Waals surface area (Å²) in [7, 11) is 0. The number of carbonyl (C=O) groups is 1. The molecule has 0 saturated carbocycles. The van der Waals surface area contributed by atoms with Gasteiger partial charge in [0.25, 0.3) is 0 Å². The van der Waals surface area contributed by atoms with Gasteiger partial charge in [-0.2, -0.15) is 4.98 Å². The number of hydrogen-bond donors (Lipinski definition) is 0. The van der Waals surface area contributed by atoms with Crippen LogP contribution < -0.4 is 9.64 Å². The normalized spacial score (nSPS) is 16.3. The minimum Gasteiger partial charge on any atom is -0.494 e. The Balaban J connectivity index is 1.46. The van der Waals surface area contributed by atoms with Crippen LogP contribution in [0.1, 0.15) is 38.0 Å². The molecule has 0 N–H and O–H groups in total. The number of benzene rings is 2. The monoisotopic (exact) mass is 429 g/mol. The van der Waals surface area contributed by atoms with E-state index < -0.39 is 5.82 Å². The van der Waals surface area contributed by atoms with Gasteiger partial charge in [0.15, 0.2) is 0 Å². The molecule has 8 heteroatoms. The lowest BCUT2D eigenvalue weighted by Gasteiger charge is -2.17. The fraction of sp³-hybridized carbons (Fsp3) is 0.318. The fourth-order valence-electron chi connectivity index (χ4n) is 3.36. The molecule has 1 saturated heterocycles. The van der Waals surface area contributed by atoms with Crippen molar-refractivity contribution >= 4 is 23.2 Å². The first-order valence-electron chi connectivity index (χ1n) is 9.87. The van der Waals surface area contributed by atoms with Crippen LogP contribution in [0.4, 0.5) is 10.1 Å². The minimum absolute atomic E-state index is 0.123. The molecular formula is C22H21ClFN3O3. The molecule has 156 valence electrons. The number of anilines is 1. The highest BCUT2D eigenvalue weighted by atomic mass is 35.5.